The Morgan fingerprint density at radius 3 is 2.86 bits per heavy atom. The molecule has 3 nitrogen and oxygen atoms in total. The van der Waals surface area contributed by atoms with E-state index in [-0.39, 0.29) is 11.7 Å². The Hall–Kier alpha value is -1.22. The van der Waals surface area contributed by atoms with Gasteiger partial charge in [-0.15, -0.1) is 0 Å². The van der Waals surface area contributed by atoms with Crippen LogP contribution in [0.5, 0.6) is 0 Å². The van der Waals surface area contributed by atoms with Gasteiger partial charge < -0.3 is 5.73 Å². The van der Waals surface area contributed by atoms with Gasteiger partial charge >= 0.3 is 0 Å². The molecule has 0 amide bonds. The first-order valence-corrected chi connectivity index (χ1v) is 4.85. The largest absolute Gasteiger partial charge is 0.330 e. The molecule has 0 saturated carbocycles. The van der Waals surface area contributed by atoms with E-state index in [4.69, 9.17) is 5.73 Å². The van der Waals surface area contributed by atoms with E-state index in [1.807, 2.05) is 19.9 Å². The summed E-state index contributed by atoms with van der Waals surface area (Å²) >= 11 is 0. The predicted octanol–water partition coefficient (Wildman–Crippen LogP) is 1.56. The molecular formula is C11H16N2O. The standard InChI is InChI=1S/C11H16N2O/c1-3-9(6-12)11(14)10-7-13-5-4-8(10)2/h4-5,7,9H,3,6,12H2,1-2H3. The van der Waals surface area contributed by atoms with E-state index in [1.165, 1.54) is 0 Å². The molecule has 1 atom stereocenters. The van der Waals surface area contributed by atoms with Crippen LogP contribution in [0, 0.1) is 12.8 Å². The Kier molecular flexibility index (Phi) is 3.77. The third-order valence-electron chi connectivity index (χ3n) is 2.45. The van der Waals surface area contributed by atoms with Gasteiger partial charge in [-0.1, -0.05) is 6.92 Å². The number of aromatic nitrogens is 1. The third-order valence-corrected chi connectivity index (χ3v) is 2.45. The number of nitrogens with two attached hydrogens (primary N) is 1. The molecule has 1 unspecified atom stereocenters. The van der Waals surface area contributed by atoms with Crippen molar-refractivity contribution in [2.75, 3.05) is 6.54 Å². The van der Waals surface area contributed by atoms with Crippen LogP contribution in [-0.2, 0) is 0 Å². The van der Waals surface area contributed by atoms with Crippen LogP contribution in [-0.4, -0.2) is 17.3 Å². The van der Waals surface area contributed by atoms with Crippen LogP contribution < -0.4 is 5.73 Å². The summed E-state index contributed by atoms with van der Waals surface area (Å²) in [6.45, 7) is 4.29. The summed E-state index contributed by atoms with van der Waals surface area (Å²) in [5.41, 5.74) is 7.20. The molecule has 76 valence electrons. The molecule has 0 aliphatic rings. The summed E-state index contributed by atoms with van der Waals surface area (Å²) in [5, 5.41) is 0. The summed E-state index contributed by atoms with van der Waals surface area (Å²) in [4.78, 5) is 15.9. The molecule has 1 aromatic rings. The lowest BCUT2D eigenvalue weighted by Gasteiger charge is -2.11. The first-order valence-electron chi connectivity index (χ1n) is 4.85. The molecule has 0 saturated heterocycles. The monoisotopic (exact) mass is 192 g/mol. The first-order chi connectivity index (χ1) is 6.70. The molecule has 2 N–H and O–H groups in total. The van der Waals surface area contributed by atoms with Gasteiger partial charge in [0.2, 0.25) is 0 Å². The van der Waals surface area contributed by atoms with Crippen molar-refractivity contribution in [3.05, 3.63) is 29.6 Å². The highest BCUT2D eigenvalue weighted by atomic mass is 16.1. The van der Waals surface area contributed by atoms with Crippen LogP contribution in [0.25, 0.3) is 0 Å². The number of carbonyl (C=O) groups excluding carboxylic acids is 1. The minimum absolute atomic E-state index is 0.0714. The van der Waals surface area contributed by atoms with E-state index in [1.54, 1.807) is 12.4 Å². The molecular weight excluding hydrogens is 176 g/mol. The molecule has 0 bridgehead atoms. The predicted molar refractivity (Wildman–Crippen MR) is 56.1 cm³/mol. The number of hydrogen-bond acceptors (Lipinski definition) is 3. The molecule has 0 spiro atoms. The maximum absolute atomic E-state index is 11.9. The fraction of sp³-hybridized carbons (Fsp3) is 0.455. The number of nitrogens with zero attached hydrogens (tertiary/aromatic N) is 1. The summed E-state index contributed by atoms with van der Waals surface area (Å²) < 4.78 is 0. The van der Waals surface area contributed by atoms with Gasteiger partial charge in [0.15, 0.2) is 5.78 Å². The van der Waals surface area contributed by atoms with Gasteiger partial charge in [-0.05, 0) is 25.0 Å². The minimum Gasteiger partial charge on any atom is -0.330 e. The van der Waals surface area contributed by atoms with Crippen molar-refractivity contribution >= 4 is 5.78 Å². The van der Waals surface area contributed by atoms with Gasteiger partial charge in [0.1, 0.15) is 0 Å². The number of rotatable bonds is 4. The van der Waals surface area contributed by atoms with Gasteiger partial charge in [0.25, 0.3) is 0 Å². The molecule has 0 radical (unpaired) electrons. The van der Waals surface area contributed by atoms with Crippen LogP contribution in [0.15, 0.2) is 18.5 Å². The third kappa shape index (κ3) is 2.17. The van der Waals surface area contributed by atoms with E-state index < -0.39 is 0 Å². The number of aryl methyl sites for hydroxylation is 1. The Balaban J connectivity index is 2.94. The molecule has 1 heterocycles. The zero-order chi connectivity index (χ0) is 10.6. The van der Waals surface area contributed by atoms with Crippen molar-refractivity contribution in [2.24, 2.45) is 11.7 Å². The summed E-state index contributed by atoms with van der Waals surface area (Å²) in [6, 6.07) is 1.84. The highest BCUT2D eigenvalue weighted by Crippen LogP contribution is 2.13. The fourth-order valence-electron chi connectivity index (χ4n) is 1.40. The Morgan fingerprint density at radius 2 is 2.36 bits per heavy atom. The average molecular weight is 192 g/mol. The van der Waals surface area contributed by atoms with Crippen LogP contribution >= 0.6 is 0 Å². The smallest absolute Gasteiger partial charge is 0.169 e. The number of carbonyl (C=O) groups is 1. The van der Waals surface area contributed by atoms with Gasteiger partial charge in [-0.25, -0.2) is 0 Å². The van der Waals surface area contributed by atoms with Crippen molar-refractivity contribution in [3.63, 3.8) is 0 Å². The maximum atomic E-state index is 11.9. The van der Waals surface area contributed by atoms with Crippen molar-refractivity contribution in [1.82, 2.24) is 4.98 Å². The summed E-state index contributed by atoms with van der Waals surface area (Å²) in [7, 11) is 0. The molecule has 1 rings (SSSR count). The molecule has 3 heteroatoms. The van der Waals surface area contributed by atoms with Crippen molar-refractivity contribution < 1.29 is 4.79 Å². The highest BCUT2D eigenvalue weighted by Gasteiger charge is 2.18. The highest BCUT2D eigenvalue weighted by molar-refractivity contribution is 5.98. The Labute approximate surface area is 84.3 Å². The van der Waals surface area contributed by atoms with Gasteiger partial charge in [0.05, 0.1) is 0 Å². The van der Waals surface area contributed by atoms with E-state index in [0.717, 1.165) is 12.0 Å². The van der Waals surface area contributed by atoms with Crippen LogP contribution in [0.1, 0.15) is 29.3 Å². The maximum Gasteiger partial charge on any atom is 0.169 e. The van der Waals surface area contributed by atoms with Gasteiger partial charge in [-0.3, -0.25) is 9.78 Å². The lowest BCUT2D eigenvalue weighted by Crippen LogP contribution is -2.23. The number of ketones is 1. The molecule has 0 aliphatic heterocycles. The van der Waals surface area contributed by atoms with Gasteiger partial charge in [-0.2, -0.15) is 0 Å². The van der Waals surface area contributed by atoms with E-state index in [2.05, 4.69) is 4.98 Å². The topological polar surface area (TPSA) is 56.0 Å². The van der Waals surface area contributed by atoms with Crippen molar-refractivity contribution in [1.29, 1.82) is 0 Å². The second-order valence-electron chi connectivity index (χ2n) is 3.40. The Morgan fingerprint density at radius 1 is 1.64 bits per heavy atom. The van der Waals surface area contributed by atoms with Gasteiger partial charge in [0, 0.05) is 30.4 Å². The quantitative estimate of drug-likeness (QED) is 0.736. The Bertz CT molecular complexity index is 319. The summed E-state index contributed by atoms with van der Waals surface area (Å²) in [5.74, 6) is 0.0403. The zero-order valence-electron chi connectivity index (χ0n) is 8.66. The molecule has 0 aromatic carbocycles. The number of pyridine rings is 1. The van der Waals surface area contributed by atoms with Crippen molar-refractivity contribution in [3.8, 4) is 0 Å². The van der Waals surface area contributed by atoms with E-state index >= 15 is 0 Å². The van der Waals surface area contributed by atoms with Crippen LogP contribution in [0.3, 0.4) is 0 Å². The zero-order valence-corrected chi connectivity index (χ0v) is 8.66. The van der Waals surface area contributed by atoms with Crippen LogP contribution in [0.2, 0.25) is 0 Å². The number of Topliss-reactive ketones (excluding diaryl/α,β-unsaturated/α-hetero) is 1. The second kappa shape index (κ2) is 4.86. The molecule has 14 heavy (non-hydrogen) atoms. The second-order valence-corrected chi connectivity index (χ2v) is 3.40. The van der Waals surface area contributed by atoms with E-state index in [0.29, 0.717) is 12.1 Å². The fourth-order valence-corrected chi connectivity index (χ4v) is 1.40. The lowest BCUT2D eigenvalue weighted by molar-refractivity contribution is 0.0920. The first kappa shape index (κ1) is 10.9. The molecule has 1 aromatic heterocycles. The lowest BCUT2D eigenvalue weighted by atomic mass is 9.94. The van der Waals surface area contributed by atoms with Crippen LogP contribution in [0.4, 0.5) is 0 Å². The average Bonchev–Trinajstić information content (AvgIpc) is 2.20. The SMILES string of the molecule is CCC(CN)C(=O)c1cnccc1C. The molecule has 0 aliphatic carbocycles. The van der Waals surface area contributed by atoms with Crippen molar-refractivity contribution in [2.45, 2.75) is 20.3 Å². The summed E-state index contributed by atoms with van der Waals surface area (Å²) in [6.07, 6.45) is 4.09. The number of hydrogen-bond donors (Lipinski definition) is 1. The normalized spacial score (nSPS) is 12.5. The van der Waals surface area contributed by atoms with E-state index in [9.17, 15) is 4.79 Å². The molecule has 0 fully saturated rings. The minimum atomic E-state index is -0.0714.